The van der Waals surface area contributed by atoms with Crippen LogP contribution in [0.3, 0.4) is 0 Å². The molecular formula is C13H22N4O. The number of hydrogen-bond acceptors (Lipinski definition) is 4. The minimum absolute atomic E-state index is 0.0677. The Morgan fingerprint density at radius 2 is 2.06 bits per heavy atom. The highest BCUT2D eigenvalue weighted by Crippen LogP contribution is 2.14. The molecule has 1 aliphatic heterocycles. The van der Waals surface area contributed by atoms with Crippen LogP contribution in [0.5, 0.6) is 0 Å². The van der Waals surface area contributed by atoms with E-state index in [0.29, 0.717) is 11.9 Å². The molecule has 2 rings (SSSR count). The number of nitrogens with one attached hydrogen (secondary N) is 1. The Bertz CT molecular complexity index is 449. The molecule has 1 aliphatic rings. The van der Waals surface area contributed by atoms with Crippen LogP contribution in [0.4, 0.5) is 5.82 Å². The molecule has 5 nitrogen and oxygen atoms in total. The molecule has 18 heavy (non-hydrogen) atoms. The second-order valence-corrected chi connectivity index (χ2v) is 4.97. The van der Waals surface area contributed by atoms with E-state index in [4.69, 9.17) is 0 Å². The topological polar surface area (TPSA) is 52.2 Å². The summed E-state index contributed by atoms with van der Waals surface area (Å²) in [7, 11) is 0. The average Bonchev–Trinajstić information content (AvgIpc) is 2.37. The van der Waals surface area contributed by atoms with Gasteiger partial charge in [0.2, 0.25) is 0 Å². The molecular weight excluding hydrogens is 228 g/mol. The summed E-state index contributed by atoms with van der Waals surface area (Å²) in [6.45, 7) is 10.3. The van der Waals surface area contributed by atoms with Crippen molar-refractivity contribution in [2.75, 3.05) is 31.1 Å². The van der Waals surface area contributed by atoms with Gasteiger partial charge < -0.3 is 9.88 Å². The van der Waals surface area contributed by atoms with E-state index in [1.165, 1.54) is 6.42 Å². The maximum absolute atomic E-state index is 11.4. The standard InChI is InChI=1S/C13H22N4O/c1-4-10(2)16-5-7-17(8-6-16)12-9-13(18)15-11(3)14-12/h9-10H,4-8H2,1-3H3,(H,14,15,18). The number of aryl methyl sites for hydroxylation is 1. The summed E-state index contributed by atoms with van der Waals surface area (Å²) in [5.41, 5.74) is -0.0677. The molecule has 5 heteroatoms. The van der Waals surface area contributed by atoms with E-state index in [9.17, 15) is 4.79 Å². The average molecular weight is 250 g/mol. The van der Waals surface area contributed by atoms with Gasteiger partial charge in [-0.25, -0.2) is 4.98 Å². The van der Waals surface area contributed by atoms with Crippen LogP contribution >= 0.6 is 0 Å². The first kappa shape index (κ1) is 13.1. The number of aromatic amines is 1. The lowest BCUT2D eigenvalue weighted by Gasteiger charge is -2.38. The summed E-state index contributed by atoms with van der Waals surface area (Å²) in [6.07, 6.45) is 1.18. The van der Waals surface area contributed by atoms with Gasteiger partial charge in [0.15, 0.2) is 0 Å². The van der Waals surface area contributed by atoms with Gasteiger partial charge in [-0.3, -0.25) is 9.69 Å². The molecule has 1 unspecified atom stereocenters. The fourth-order valence-electron chi connectivity index (χ4n) is 2.38. The highest BCUT2D eigenvalue weighted by atomic mass is 16.1. The Labute approximate surface area is 108 Å². The van der Waals surface area contributed by atoms with E-state index in [-0.39, 0.29) is 5.56 Å². The lowest BCUT2D eigenvalue weighted by Crippen LogP contribution is -2.49. The van der Waals surface area contributed by atoms with E-state index in [1.54, 1.807) is 6.07 Å². The predicted octanol–water partition coefficient (Wildman–Crippen LogP) is 0.999. The Balaban J connectivity index is 2.03. The quantitative estimate of drug-likeness (QED) is 0.869. The molecule has 1 aromatic heterocycles. The van der Waals surface area contributed by atoms with Crippen LogP contribution in [-0.2, 0) is 0 Å². The van der Waals surface area contributed by atoms with Crippen LogP contribution in [0.15, 0.2) is 10.9 Å². The number of H-pyrrole nitrogens is 1. The maximum atomic E-state index is 11.4. The van der Waals surface area contributed by atoms with Crippen molar-refractivity contribution in [1.29, 1.82) is 0 Å². The fraction of sp³-hybridized carbons (Fsp3) is 0.692. The zero-order valence-electron chi connectivity index (χ0n) is 11.4. The van der Waals surface area contributed by atoms with Gasteiger partial charge in [0, 0.05) is 38.3 Å². The number of nitrogens with zero attached hydrogens (tertiary/aromatic N) is 3. The third kappa shape index (κ3) is 2.90. The molecule has 0 aromatic carbocycles. The molecule has 1 N–H and O–H groups in total. The molecule has 0 bridgehead atoms. The van der Waals surface area contributed by atoms with Gasteiger partial charge in [-0.1, -0.05) is 6.92 Å². The van der Waals surface area contributed by atoms with E-state index in [2.05, 4.69) is 33.6 Å². The molecule has 0 spiro atoms. The third-order valence-corrected chi connectivity index (χ3v) is 3.70. The smallest absolute Gasteiger partial charge is 0.252 e. The first-order valence-electron chi connectivity index (χ1n) is 6.67. The number of rotatable bonds is 3. The zero-order valence-corrected chi connectivity index (χ0v) is 11.4. The molecule has 0 radical (unpaired) electrons. The second-order valence-electron chi connectivity index (χ2n) is 4.97. The van der Waals surface area contributed by atoms with E-state index in [1.807, 2.05) is 6.92 Å². The minimum atomic E-state index is -0.0677. The summed E-state index contributed by atoms with van der Waals surface area (Å²) in [4.78, 5) is 23.2. The van der Waals surface area contributed by atoms with Crippen molar-refractivity contribution in [3.8, 4) is 0 Å². The summed E-state index contributed by atoms with van der Waals surface area (Å²) in [6, 6.07) is 2.23. The van der Waals surface area contributed by atoms with Gasteiger partial charge in [-0.05, 0) is 20.3 Å². The Kier molecular flexibility index (Phi) is 4.01. The van der Waals surface area contributed by atoms with Crippen molar-refractivity contribution in [2.24, 2.45) is 0 Å². The molecule has 2 heterocycles. The monoisotopic (exact) mass is 250 g/mol. The molecule has 1 fully saturated rings. The highest BCUT2D eigenvalue weighted by molar-refractivity contribution is 5.38. The van der Waals surface area contributed by atoms with Crippen molar-refractivity contribution in [3.05, 3.63) is 22.2 Å². The highest BCUT2D eigenvalue weighted by Gasteiger charge is 2.21. The molecule has 1 aromatic rings. The number of hydrogen-bond donors (Lipinski definition) is 1. The van der Waals surface area contributed by atoms with Crippen molar-refractivity contribution in [1.82, 2.24) is 14.9 Å². The largest absolute Gasteiger partial charge is 0.354 e. The Morgan fingerprint density at radius 1 is 1.39 bits per heavy atom. The summed E-state index contributed by atoms with van der Waals surface area (Å²) >= 11 is 0. The molecule has 0 aliphatic carbocycles. The normalized spacial score (nSPS) is 18.9. The van der Waals surface area contributed by atoms with Gasteiger partial charge in [0.1, 0.15) is 11.6 Å². The van der Waals surface area contributed by atoms with Gasteiger partial charge in [-0.2, -0.15) is 0 Å². The van der Waals surface area contributed by atoms with Gasteiger partial charge in [-0.15, -0.1) is 0 Å². The van der Waals surface area contributed by atoms with Crippen molar-refractivity contribution in [3.63, 3.8) is 0 Å². The molecule has 0 amide bonds. The van der Waals surface area contributed by atoms with Crippen LogP contribution in [0, 0.1) is 6.92 Å². The number of aromatic nitrogens is 2. The molecule has 100 valence electrons. The van der Waals surface area contributed by atoms with E-state index < -0.39 is 0 Å². The fourth-order valence-corrected chi connectivity index (χ4v) is 2.38. The summed E-state index contributed by atoms with van der Waals surface area (Å²) in [5, 5.41) is 0. The van der Waals surface area contributed by atoms with E-state index in [0.717, 1.165) is 32.0 Å². The van der Waals surface area contributed by atoms with Crippen molar-refractivity contribution >= 4 is 5.82 Å². The Morgan fingerprint density at radius 3 is 2.61 bits per heavy atom. The van der Waals surface area contributed by atoms with Crippen LogP contribution in [0.25, 0.3) is 0 Å². The van der Waals surface area contributed by atoms with E-state index >= 15 is 0 Å². The van der Waals surface area contributed by atoms with Gasteiger partial charge >= 0.3 is 0 Å². The maximum Gasteiger partial charge on any atom is 0.252 e. The lowest BCUT2D eigenvalue weighted by molar-refractivity contribution is 0.192. The first-order valence-corrected chi connectivity index (χ1v) is 6.67. The van der Waals surface area contributed by atoms with Crippen LogP contribution in [0.1, 0.15) is 26.1 Å². The minimum Gasteiger partial charge on any atom is -0.354 e. The Hall–Kier alpha value is -1.36. The number of piperazine rings is 1. The van der Waals surface area contributed by atoms with Crippen LogP contribution in [-0.4, -0.2) is 47.1 Å². The molecule has 1 atom stereocenters. The SMILES string of the molecule is CCC(C)N1CCN(c2cc(=O)[nH]c(C)n2)CC1. The predicted molar refractivity (Wildman–Crippen MR) is 73.1 cm³/mol. The van der Waals surface area contributed by atoms with Crippen LogP contribution in [0.2, 0.25) is 0 Å². The number of anilines is 1. The molecule has 1 saturated heterocycles. The first-order chi connectivity index (χ1) is 8.60. The van der Waals surface area contributed by atoms with Crippen LogP contribution < -0.4 is 10.5 Å². The molecule has 0 saturated carbocycles. The van der Waals surface area contributed by atoms with Gasteiger partial charge in [0.25, 0.3) is 5.56 Å². The van der Waals surface area contributed by atoms with Gasteiger partial charge in [0.05, 0.1) is 0 Å². The zero-order chi connectivity index (χ0) is 13.1. The van der Waals surface area contributed by atoms with Crippen molar-refractivity contribution in [2.45, 2.75) is 33.2 Å². The summed E-state index contributed by atoms with van der Waals surface area (Å²) < 4.78 is 0. The third-order valence-electron chi connectivity index (χ3n) is 3.70. The summed E-state index contributed by atoms with van der Waals surface area (Å²) in [5.74, 6) is 1.49. The second kappa shape index (κ2) is 5.52. The van der Waals surface area contributed by atoms with Crippen molar-refractivity contribution < 1.29 is 0 Å². The lowest BCUT2D eigenvalue weighted by atomic mass is 10.2.